The highest BCUT2D eigenvalue weighted by Crippen LogP contribution is 2.36. The molecule has 3 heterocycles. The molecule has 4 rings (SSSR count). The normalized spacial score (nSPS) is 16.0. The molecule has 0 N–H and O–H groups in total. The summed E-state index contributed by atoms with van der Waals surface area (Å²) in [6.07, 6.45) is 7.99. The van der Waals surface area contributed by atoms with Crippen molar-refractivity contribution in [3.8, 4) is 17.5 Å². The van der Waals surface area contributed by atoms with Crippen molar-refractivity contribution >= 4 is 16.3 Å². The van der Waals surface area contributed by atoms with Gasteiger partial charge >= 0.3 is 0 Å². The Morgan fingerprint density at radius 2 is 2.09 bits per heavy atom. The minimum absolute atomic E-state index is 0.479. The first-order valence-electron chi connectivity index (χ1n) is 7.58. The van der Waals surface area contributed by atoms with Gasteiger partial charge in [0.25, 0.3) is 0 Å². The Morgan fingerprint density at radius 3 is 2.82 bits per heavy atom. The second-order valence-electron chi connectivity index (χ2n) is 5.61. The Labute approximate surface area is 132 Å². The molecule has 0 atom stereocenters. The minimum atomic E-state index is 0.479. The molecular formula is C16H15N5S. The number of fused-ring (bicyclic) bond motifs is 1. The predicted molar refractivity (Wildman–Crippen MR) is 84.6 cm³/mol. The number of nitriles is 1. The minimum Gasteiger partial charge on any atom is -0.255 e. The molecule has 0 amide bonds. The van der Waals surface area contributed by atoms with E-state index < -0.39 is 0 Å². The Bertz CT molecular complexity index is 837. The van der Waals surface area contributed by atoms with Crippen LogP contribution in [0.5, 0.6) is 0 Å². The molecule has 1 aliphatic rings. The fourth-order valence-electron chi connectivity index (χ4n) is 3.06. The third-order valence-corrected chi connectivity index (χ3v) is 5.26. The maximum Gasteiger partial charge on any atom is 0.214 e. The van der Waals surface area contributed by atoms with E-state index in [1.807, 2.05) is 18.2 Å². The van der Waals surface area contributed by atoms with Crippen LogP contribution in [0.25, 0.3) is 16.3 Å². The summed E-state index contributed by atoms with van der Waals surface area (Å²) in [6.45, 7) is 0. The van der Waals surface area contributed by atoms with E-state index in [1.165, 1.54) is 32.1 Å². The monoisotopic (exact) mass is 309 g/mol. The fraction of sp³-hybridized carbons (Fsp3) is 0.375. The van der Waals surface area contributed by atoms with E-state index in [4.69, 9.17) is 0 Å². The van der Waals surface area contributed by atoms with Gasteiger partial charge in [0.1, 0.15) is 16.8 Å². The zero-order valence-electron chi connectivity index (χ0n) is 12.1. The van der Waals surface area contributed by atoms with Crippen molar-refractivity contribution in [1.82, 2.24) is 19.6 Å². The topological polar surface area (TPSA) is 66.9 Å². The lowest BCUT2D eigenvalue weighted by atomic mass is 9.90. The van der Waals surface area contributed by atoms with Crippen molar-refractivity contribution in [1.29, 1.82) is 5.26 Å². The summed E-state index contributed by atoms with van der Waals surface area (Å²) in [4.78, 5) is 9.69. The van der Waals surface area contributed by atoms with E-state index in [0.29, 0.717) is 17.3 Å². The molecule has 0 aliphatic heterocycles. The Kier molecular flexibility index (Phi) is 3.35. The Morgan fingerprint density at radius 1 is 1.23 bits per heavy atom. The van der Waals surface area contributed by atoms with Crippen molar-refractivity contribution in [2.75, 3.05) is 0 Å². The van der Waals surface area contributed by atoms with Crippen molar-refractivity contribution < 1.29 is 0 Å². The molecule has 6 heteroatoms. The van der Waals surface area contributed by atoms with Crippen LogP contribution >= 0.6 is 11.3 Å². The first-order chi connectivity index (χ1) is 10.9. The SMILES string of the molecule is N#Cc1c(-c2ccccn2)nc2sc(C3CCCCC3)nn12. The lowest BCUT2D eigenvalue weighted by Crippen LogP contribution is -2.05. The van der Waals surface area contributed by atoms with Crippen LogP contribution in [0.4, 0.5) is 0 Å². The Hall–Kier alpha value is -2.26. The van der Waals surface area contributed by atoms with Gasteiger partial charge in [-0.2, -0.15) is 14.9 Å². The van der Waals surface area contributed by atoms with Gasteiger partial charge in [0.05, 0.1) is 5.69 Å². The molecule has 0 spiro atoms. The number of pyridine rings is 1. The van der Waals surface area contributed by atoms with Crippen molar-refractivity contribution in [3.05, 3.63) is 35.1 Å². The first kappa shape index (κ1) is 13.4. The van der Waals surface area contributed by atoms with Gasteiger partial charge in [-0.3, -0.25) is 4.98 Å². The number of nitrogens with zero attached hydrogens (tertiary/aromatic N) is 5. The number of hydrogen-bond acceptors (Lipinski definition) is 5. The van der Waals surface area contributed by atoms with Crippen molar-refractivity contribution in [2.24, 2.45) is 0 Å². The van der Waals surface area contributed by atoms with Gasteiger partial charge in [0.15, 0.2) is 5.69 Å². The molecule has 22 heavy (non-hydrogen) atoms. The predicted octanol–water partition coefficient (Wildman–Crippen LogP) is 3.77. The largest absolute Gasteiger partial charge is 0.255 e. The van der Waals surface area contributed by atoms with Crippen LogP contribution in [0.1, 0.15) is 48.7 Å². The third-order valence-electron chi connectivity index (χ3n) is 4.19. The van der Waals surface area contributed by atoms with Crippen LogP contribution in [-0.4, -0.2) is 19.6 Å². The van der Waals surface area contributed by atoms with Gasteiger partial charge in [0, 0.05) is 12.1 Å². The lowest BCUT2D eigenvalue weighted by Gasteiger charge is -2.18. The maximum atomic E-state index is 9.51. The second kappa shape index (κ2) is 5.50. The average molecular weight is 309 g/mol. The molecule has 3 aromatic heterocycles. The lowest BCUT2D eigenvalue weighted by molar-refractivity contribution is 0.439. The van der Waals surface area contributed by atoms with Crippen LogP contribution in [0.2, 0.25) is 0 Å². The van der Waals surface area contributed by atoms with Crippen LogP contribution in [0.3, 0.4) is 0 Å². The van der Waals surface area contributed by atoms with Gasteiger partial charge in [-0.15, -0.1) is 0 Å². The molecule has 5 nitrogen and oxygen atoms in total. The molecule has 110 valence electrons. The van der Waals surface area contributed by atoms with Crippen LogP contribution in [-0.2, 0) is 0 Å². The highest BCUT2D eigenvalue weighted by atomic mass is 32.1. The molecule has 0 aromatic carbocycles. The number of rotatable bonds is 2. The number of hydrogen-bond donors (Lipinski definition) is 0. The van der Waals surface area contributed by atoms with Gasteiger partial charge in [-0.05, 0) is 25.0 Å². The van der Waals surface area contributed by atoms with E-state index in [-0.39, 0.29) is 0 Å². The number of aromatic nitrogens is 4. The summed E-state index contributed by atoms with van der Waals surface area (Å²) in [7, 11) is 0. The number of imidazole rings is 1. The van der Waals surface area contributed by atoms with Crippen molar-refractivity contribution in [3.63, 3.8) is 0 Å². The molecular weight excluding hydrogens is 294 g/mol. The zero-order chi connectivity index (χ0) is 14.9. The highest BCUT2D eigenvalue weighted by Gasteiger charge is 2.23. The molecule has 0 saturated heterocycles. The summed E-state index contributed by atoms with van der Waals surface area (Å²) in [5, 5.41) is 15.3. The summed E-state index contributed by atoms with van der Waals surface area (Å²) < 4.78 is 1.69. The molecule has 3 aromatic rings. The average Bonchev–Trinajstić information content (AvgIpc) is 3.14. The second-order valence-corrected chi connectivity index (χ2v) is 6.59. The standard InChI is InChI=1S/C16H15N5S/c17-10-13-14(12-8-4-5-9-18-12)19-16-21(13)20-15(22-16)11-6-2-1-3-7-11/h4-5,8-9,11H,1-3,6-7H2. The summed E-state index contributed by atoms with van der Waals surface area (Å²) in [6, 6.07) is 7.86. The molecule has 1 fully saturated rings. The summed E-state index contributed by atoms with van der Waals surface area (Å²) in [5.74, 6) is 0.533. The van der Waals surface area contributed by atoms with E-state index in [0.717, 1.165) is 15.7 Å². The fourth-order valence-corrected chi connectivity index (χ4v) is 4.13. The molecule has 0 radical (unpaired) electrons. The van der Waals surface area contributed by atoms with Crippen LogP contribution in [0.15, 0.2) is 24.4 Å². The van der Waals surface area contributed by atoms with E-state index in [9.17, 15) is 5.26 Å². The van der Waals surface area contributed by atoms with Crippen LogP contribution in [0, 0.1) is 11.3 Å². The first-order valence-corrected chi connectivity index (χ1v) is 8.39. The zero-order valence-corrected chi connectivity index (χ0v) is 12.9. The van der Waals surface area contributed by atoms with Gasteiger partial charge in [-0.25, -0.2) is 4.98 Å². The summed E-state index contributed by atoms with van der Waals surface area (Å²) in [5.41, 5.74) is 1.82. The Balaban J connectivity index is 1.79. The smallest absolute Gasteiger partial charge is 0.214 e. The van der Waals surface area contributed by atoms with E-state index >= 15 is 0 Å². The third kappa shape index (κ3) is 2.18. The van der Waals surface area contributed by atoms with E-state index in [1.54, 1.807) is 22.0 Å². The maximum absolute atomic E-state index is 9.51. The van der Waals surface area contributed by atoms with Gasteiger partial charge < -0.3 is 0 Å². The van der Waals surface area contributed by atoms with Gasteiger partial charge in [-0.1, -0.05) is 36.7 Å². The van der Waals surface area contributed by atoms with Gasteiger partial charge in [0.2, 0.25) is 4.96 Å². The summed E-state index contributed by atoms with van der Waals surface area (Å²) >= 11 is 1.61. The van der Waals surface area contributed by atoms with E-state index in [2.05, 4.69) is 21.1 Å². The molecule has 1 aliphatic carbocycles. The molecule has 1 saturated carbocycles. The highest BCUT2D eigenvalue weighted by molar-refractivity contribution is 7.16. The quantitative estimate of drug-likeness (QED) is 0.722. The molecule has 0 unspecified atom stereocenters. The molecule has 0 bridgehead atoms. The van der Waals surface area contributed by atoms with Crippen molar-refractivity contribution in [2.45, 2.75) is 38.0 Å². The van der Waals surface area contributed by atoms with Crippen LogP contribution < -0.4 is 0 Å².